The van der Waals surface area contributed by atoms with Crippen molar-refractivity contribution < 1.29 is 13.9 Å². The number of ether oxygens (including phenoxy) is 1. The van der Waals surface area contributed by atoms with E-state index < -0.39 is 0 Å². The van der Waals surface area contributed by atoms with E-state index in [1.807, 2.05) is 19.1 Å². The molecular formula is C21H18ClN5O3S. The zero-order chi connectivity index (χ0) is 21.8. The van der Waals surface area contributed by atoms with Crippen LogP contribution in [0.1, 0.15) is 5.76 Å². The van der Waals surface area contributed by atoms with Crippen LogP contribution in [0.25, 0.3) is 11.4 Å². The van der Waals surface area contributed by atoms with Crippen LogP contribution in [0.2, 0.25) is 5.02 Å². The number of anilines is 1. The maximum atomic E-state index is 12.3. The fraction of sp³-hybridized carbons (Fsp3) is 0.0952. The highest BCUT2D eigenvalue weighted by atomic mass is 35.5. The summed E-state index contributed by atoms with van der Waals surface area (Å²) >= 11 is 7.29. The molecule has 0 atom stereocenters. The molecule has 8 nitrogen and oxygen atoms in total. The Kier molecular flexibility index (Phi) is 6.15. The van der Waals surface area contributed by atoms with Gasteiger partial charge in [-0.3, -0.25) is 4.79 Å². The second-order valence-electron chi connectivity index (χ2n) is 6.46. The Hall–Kier alpha value is -3.43. The summed E-state index contributed by atoms with van der Waals surface area (Å²) in [5, 5.41) is 11.9. The lowest BCUT2D eigenvalue weighted by Gasteiger charge is -2.09. The molecule has 0 spiro atoms. The van der Waals surface area contributed by atoms with Crippen LogP contribution in [0.5, 0.6) is 11.5 Å². The first-order valence-electron chi connectivity index (χ1n) is 9.21. The monoisotopic (exact) mass is 455 g/mol. The number of thioether (sulfide) groups is 1. The Balaban J connectivity index is 1.33. The van der Waals surface area contributed by atoms with Crippen molar-refractivity contribution in [2.24, 2.45) is 0 Å². The number of nitrogens with zero attached hydrogens (tertiary/aromatic N) is 3. The molecule has 4 aromatic rings. The van der Waals surface area contributed by atoms with Gasteiger partial charge < -0.3 is 20.3 Å². The largest absolute Gasteiger partial charge is 0.469 e. The quantitative estimate of drug-likeness (QED) is 0.306. The molecule has 158 valence electrons. The number of aromatic nitrogens is 3. The Labute approximate surface area is 187 Å². The van der Waals surface area contributed by atoms with Gasteiger partial charge in [-0.25, -0.2) is 4.68 Å². The van der Waals surface area contributed by atoms with Crippen molar-refractivity contribution in [3.05, 3.63) is 71.6 Å². The van der Waals surface area contributed by atoms with E-state index in [1.54, 1.807) is 48.7 Å². The molecule has 2 heterocycles. The fourth-order valence-electron chi connectivity index (χ4n) is 2.76. The molecule has 1 amide bonds. The van der Waals surface area contributed by atoms with Crippen molar-refractivity contribution in [2.75, 3.05) is 16.9 Å². The highest BCUT2D eigenvalue weighted by molar-refractivity contribution is 7.99. The van der Waals surface area contributed by atoms with Crippen LogP contribution in [0, 0.1) is 6.92 Å². The van der Waals surface area contributed by atoms with E-state index in [1.165, 1.54) is 16.4 Å². The van der Waals surface area contributed by atoms with Crippen molar-refractivity contribution >= 4 is 35.0 Å². The van der Waals surface area contributed by atoms with Crippen LogP contribution in [-0.4, -0.2) is 26.5 Å². The smallest absolute Gasteiger partial charge is 0.234 e. The van der Waals surface area contributed by atoms with Gasteiger partial charge in [-0.2, -0.15) is 0 Å². The minimum absolute atomic E-state index is 0.123. The van der Waals surface area contributed by atoms with E-state index in [9.17, 15) is 4.79 Å². The van der Waals surface area contributed by atoms with E-state index in [-0.39, 0.29) is 11.7 Å². The first kappa shape index (κ1) is 20.8. The summed E-state index contributed by atoms with van der Waals surface area (Å²) < 4.78 is 12.4. The molecule has 2 aromatic heterocycles. The number of amides is 1. The van der Waals surface area contributed by atoms with Gasteiger partial charge in [0.25, 0.3) is 0 Å². The lowest BCUT2D eigenvalue weighted by atomic mass is 10.2. The zero-order valence-electron chi connectivity index (χ0n) is 16.4. The van der Waals surface area contributed by atoms with Gasteiger partial charge in [0.2, 0.25) is 11.1 Å². The van der Waals surface area contributed by atoms with Gasteiger partial charge in [0.1, 0.15) is 17.3 Å². The van der Waals surface area contributed by atoms with Gasteiger partial charge in [-0.15, -0.1) is 10.2 Å². The summed E-state index contributed by atoms with van der Waals surface area (Å²) in [6, 6.07) is 16.0. The number of furan rings is 1. The van der Waals surface area contributed by atoms with Gasteiger partial charge in [-0.1, -0.05) is 35.5 Å². The van der Waals surface area contributed by atoms with Crippen LogP contribution in [0.4, 0.5) is 5.69 Å². The second kappa shape index (κ2) is 9.15. The van der Waals surface area contributed by atoms with Crippen molar-refractivity contribution in [1.29, 1.82) is 0 Å². The highest BCUT2D eigenvalue weighted by Gasteiger charge is 2.16. The predicted molar refractivity (Wildman–Crippen MR) is 120 cm³/mol. The highest BCUT2D eigenvalue weighted by Crippen LogP contribution is 2.29. The molecule has 0 aliphatic heterocycles. The summed E-state index contributed by atoms with van der Waals surface area (Å²) in [6.45, 7) is 1.81. The molecule has 10 heteroatoms. The number of nitrogen functional groups attached to an aromatic ring is 1. The van der Waals surface area contributed by atoms with Gasteiger partial charge >= 0.3 is 0 Å². The number of carbonyl (C=O) groups excluding carboxylic acids is 1. The van der Waals surface area contributed by atoms with E-state index in [4.69, 9.17) is 26.6 Å². The number of rotatable bonds is 7. The fourth-order valence-corrected chi connectivity index (χ4v) is 3.59. The zero-order valence-corrected chi connectivity index (χ0v) is 18.0. The Morgan fingerprint density at radius 2 is 1.97 bits per heavy atom. The molecule has 0 saturated carbocycles. The summed E-state index contributed by atoms with van der Waals surface area (Å²) in [5.41, 5.74) is 1.39. The van der Waals surface area contributed by atoms with E-state index in [0.717, 1.165) is 5.56 Å². The van der Waals surface area contributed by atoms with Gasteiger partial charge in [0, 0.05) is 5.69 Å². The third kappa shape index (κ3) is 4.84. The molecule has 3 N–H and O–H groups in total. The molecule has 2 aromatic carbocycles. The van der Waals surface area contributed by atoms with E-state index >= 15 is 0 Å². The van der Waals surface area contributed by atoms with Crippen molar-refractivity contribution in [3.63, 3.8) is 0 Å². The van der Waals surface area contributed by atoms with Crippen LogP contribution >= 0.6 is 23.4 Å². The Morgan fingerprint density at radius 1 is 1.19 bits per heavy atom. The number of benzene rings is 2. The van der Waals surface area contributed by atoms with E-state index in [2.05, 4.69) is 15.5 Å². The summed E-state index contributed by atoms with van der Waals surface area (Å²) in [6.07, 6.45) is 1.56. The molecule has 0 fully saturated rings. The minimum atomic E-state index is -0.200. The number of carbonyl (C=O) groups is 1. The van der Waals surface area contributed by atoms with E-state index in [0.29, 0.717) is 39.0 Å². The minimum Gasteiger partial charge on any atom is -0.469 e. The number of halogens is 1. The average Bonchev–Trinajstić information content (AvgIpc) is 3.34. The summed E-state index contributed by atoms with van der Waals surface area (Å²) in [5.74, 6) is 8.33. The molecule has 0 saturated heterocycles. The third-order valence-corrected chi connectivity index (χ3v) is 5.55. The summed E-state index contributed by atoms with van der Waals surface area (Å²) in [4.78, 5) is 12.3. The third-order valence-electron chi connectivity index (χ3n) is 4.30. The standard InChI is InChI=1S/C21H18ClN5O3S/c1-13-16(10-11-29-13)20-25-26-21(27(20)23)31-12-19(28)24-14-6-8-15(9-7-14)30-18-5-3-2-4-17(18)22/h2-11H,12,23H2,1H3,(H,24,28). The number of para-hydroxylation sites is 1. The SMILES string of the molecule is Cc1occc1-c1nnc(SCC(=O)Nc2ccc(Oc3ccccc3Cl)cc2)n1N. The normalized spacial score (nSPS) is 10.8. The van der Waals surface area contributed by atoms with Gasteiger partial charge in [-0.05, 0) is 49.4 Å². The molecule has 31 heavy (non-hydrogen) atoms. The van der Waals surface area contributed by atoms with Crippen molar-refractivity contribution in [1.82, 2.24) is 14.9 Å². The maximum Gasteiger partial charge on any atom is 0.234 e. The number of nitrogens with one attached hydrogen (secondary N) is 1. The Morgan fingerprint density at radius 3 is 2.68 bits per heavy atom. The topological polar surface area (TPSA) is 108 Å². The number of hydrogen-bond acceptors (Lipinski definition) is 7. The number of nitrogens with two attached hydrogens (primary N) is 1. The van der Waals surface area contributed by atoms with Crippen LogP contribution in [-0.2, 0) is 4.79 Å². The molecular weight excluding hydrogens is 438 g/mol. The van der Waals surface area contributed by atoms with Crippen molar-refractivity contribution in [2.45, 2.75) is 12.1 Å². The Bertz CT molecular complexity index is 1210. The van der Waals surface area contributed by atoms with Gasteiger partial charge in [0.15, 0.2) is 5.82 Å². The first-order chi connectivity index (χ1) is 15.0. The molecule has 0 bridgehead atoms. The lowest BCUT2D eigenvalue weighted by Crippen LogP contribution is -2.16. The number of hydrogen-bond donors (Lipinski definition) is 2. The maximum absolute atomic E-state index is 12.3. The molecule has 0 radical (unpaired) electrons. The molecule has 4 rings (SSSR count). The van der Waals surface area contributed by atoms with Crippen molar-refractivity contribution in [3.8, 4) is 22.9 Å². The molecule has 0 aliphatic carbocycles. The summed E-state index contributed by atoms with van der Waals surface area (Å²) in [7, 11) is 0. The molecule has 0 unspecified atom stereocenters. The van der Waals surface area contributed by atoms with Crippen LogP contribution in [0.15, 0.2) is 70.4 Å². The average molecular weight is 456 g/mol. The number of aryl methyl sites for hydroxylation is 1. The van der Waals surface area contributed by atoms with Gasteiger partial charge in [0.05, 0.1) is 22.6 Å². The predicted octanol–water partition coefficient (Wildman–Crippen LogP) is 4.74. The second-order valence-corrected chi connectivity index (χ2v) is 7.81. The molecule has 0 aliphatic rings. The van der Waals surface area contributed by atoms with Crippen LogP contribution < -0.4 is 15.9 Å². The first-order valence-corrected chi connectivity index (χ1v) is 10.6. The lowest BCUT2D eigenvalue weighted by molar-refractivity contribution is -0.113. The van der Waals surface area contributed by atoms with Crippen LogP contribution in [0.3, 0.4) is 0 Å².